The van der Waals surface area contributed by atoms with Crippen molar-refractivity contribution in [3.05, 3.63) is 35.6 Å². The van der Waals surface area contributed by atoms with Crippen LogP contribution < -0.4 is 16.4 Å². The number of nitrogens with one attached hydrogen (secondary N) is 2. The lowest BCUT2D eigenvalue weighted by Gasteiger charge is -2.26. The van der Waals surface area contributed by atoms with Gasteiger partial charge < -0.3 is 26.2 Å². The topological polar surface area (TPSA) is 125 Å². The van der Waals surface area contributed by atoms with Crippen LogP contribution in [0.15, 0.2) is 24.3 Å². The SMILES string of the molecule is CC(C)(CCC(=O)NCC(=O)N(CCCN1CCCC1=O)CC(N)=O)NCCc1ccccc1F. The Balaban J connectivity index is 1.70. The normalized spacial score (nSPS) is 13.7. The van der Waals surface area contributed by atoms with Gasteiger partial charge in [-0.2, -0.15) is 0 Å². The van der Waals surface area contributed by atoms with Crippen molar-refractivity contribution < 1.29 is 23.6 Å². The Kier molecular flexibility index (Phi) is 11.1. The van der Waals surface area contributed by atoms with E-state index in [2.05, 4.69) is 10.6 Å². The Hall–Kier alpha value is -3.01. The van der Waals surface area contributed by atoms with E-state index in [0.29, 0.717) is 50.9 Å². The molecule has 1 heterocycles. The van der Waals surface area contributed by atoms with E-state index in [-0.39, 0.29) is 49.2 Å². The number of primary amides is 1. The number of likely N-dealkylation sites (tertiary alicyclic amines) is 1. The molecular weight excluding hydrogens is 453 g/mol. The van der Waals surface area contributed by atoms with E-state index < -0.39 is 11.8 Å². The highest BCUT2D eigenvalue weighted by molar-refractivity contribution is 5.87. The third kappa shape index (κ3) is 10.4. The first-order chi connectivity index (χ1) is 16.6. The van der Waals surface area contributed by atoms with Crippen LogP contribution in [0.3, 0.4) is 0 Å². The van der Waals surface area contributed by atoms with Crippen molar-refractivity contribution in [1.82, 2.24) is 20.4 Å². The molecule has 0 aromatic heterocycles. The van der Waals surface area contributed by atoms with Gasteiger partial charge in [-0.05, 0) is 57.7 Å². The molecule has 0 unspecified atom stereocenters. The van der Waals surface area contributed by atoms with E-state index in [9.17, 15) is 23.6 Å². The second-order valence-corrected chi connectivity index (χ2v) is 9.55. The number of carbonyl (C=O) groups is 4. The molecule has 4 amide bonds. The lowest BCUT2D eigenvalue weighted by molar-refractivity contribution is -0.136. The summed E-state index contributed by atoms with van der Waals surface area (Å²) in [4.78, 5) is 51.0. The Morgan fingerprint density at radius 3 is 2.63 bits per heavy atom. The van der Waals surface area contributed by atoms with Gasteiger partial charge in [0.05, 0.1) is 13.1 Å². The van der Waals surface area contributed by atoms with Gasteiger partial charge >= 0.3 is 0 Å². The molecule has 1 aromatic carbocycles. The zero-order valence-electron chi connectivity index (χ0n) is 20.8. The van der Waals surface area contributed by atoms with Gasteiger partial charge in [0, 0.05) is 38.0 Å². The van der Waals surface area contributed by atoms with Crippen LogP contribution in [0.25, 0.3) is 0 Å². The Morgan fingerprint density at radius 2 is 1.97 bits per heavy atom. The van der Waals surface area contributed by atoms with E-state index in [4.69, 9.17) is 5.73 Å². The standard InChI is InChI=1S/C25H38FN5O4/c1-25(2,29-13-11-19-7-3-4-8-20(19)26)12-10-22(33)28-17-24(35)31(18-21(27)32)16-6-15-30-14-5-9-23(30)34/h3-4,7-8,29H,5-6,9-18H2,1-2H3,(H2,27,32)(H,28,33). The van der Waals surface area contributed by atoms with Crippen LogP contribution in [0.1, 0.15) is 51.5 Å². The van der Waals surface area contributed by atoms with Crippen LogP contribution in [-0.4, -0.2) is 78.2 Å². The van der Waals surface area contributed by atoms with Crippen LogP contribution in [0, 0.1) is 5.82 Å². The molecule has 1 saturated heterocycles. The summed E-state index contributed by atoms with van der Waals surface area (Å²) < 4.78 is 13.7. The number of nitrogens with zero attached hydrogens (tertiary/aromatic N) is 2. The van der Waals surface area contributed by atoms with E-state index in [1.54, 1.807) is 23.1 Å². The minimum Gasteiger partial charge on any atom is -0.368 e. The van der Waals surface area contributed by atoms with Gasteiger partial charge in [0.2, 0.25) is 23.6 Å². The molecule has 35 heavy (non-hydrogen) atoms. The highest BCUT2D eigenvalue weighted by atomic mass is 19.1. The van der Waals surface area contributed by atoms with Gasteiger partial charge in [-0.25, -0.2) is 4.39 Å². The van der Waals surface area contributed by atoms with Crippen LogP contribution in [-0.2, 0) is 25.6 Å². The van der Waals surface area contributed by atoms with Crippen molar-refractivity contribution in [2.75, 3.05) is 39.3 Å². The van der Waals surface area contributed by atoms with Gasteiger partial charge in [-0.1, -0.05) is 18.2 Å². The predicted octanol–water partition coefficient (Wildman–Crippen LogP) is 0.959. The highest BCUT2D eigenvalue weighted by Crippen LogP contribution is 2.13. The number of carbonyl (C=O) groups excluding carboxylic acids is 4. The summed E-state index contributed by atoms with van der Waals surface area (Å²) in [6, 6.07) is 6.64. The molecule has 194 valence electrons. The van der Waals surface area contributed by atoms with E-state index in [0.717, 1.165) is 6.42 Å². The maximum Gasteiger partial charge on any atom is 0.242 e. The van der Waals surface area contributed by atoms with Crippen molar-refractivity contribution in [3.63, 3.8) is 0 Å². The van der Waals surface area contributed by atoms with Gasteiger partial charge in [-0.3, -0.25) is 19.2 Å². The summed E-state index contributed by atoms with van der Waals surface area (Å²) in [5.74, 6) is -1.43. The molecule has 2 rings (SSSR count). The number of halogens is 1. The Bertz CT molecular complexity index is 892. The predicted molar refractivity (Wildman–Crippen MR) is 131 cm³/mol. The summed E-state index contributed by atoms with van der Waals surface area (Å²) in [6.07, 6.45) is 3.20. The van der Waals surface area contributed by atoms with Crippen LogP contribution >= 0.6 is 0 Å². The summed E-state index contributed by atoms with van der Waals surface area (Å²) in [5, 5.41) is 5.96. The first-order valence-electron chi connectivity index (χ1n) is 12.2. The number of hydrogen-bond donors (Lipinski definition) is 3. The largest absolute Gasteiger partial charge is 0.368 e. The maximum absolute atomic E-state index is 13.7. The fourth-order valence-corrected chi connectivity index (χ4v) is 4.00. The summed E-state index contributed by atoms with van der Waals surface area (Å²) in [5.41, 5.74) is 5.56. The molecular formula is C25H38FN5O4. The average molecular weight is 492 g/mol. The lowest BCUT2D eigenvalue weighted by Crippen LogP contribution is -2.45. The van der Waals surface area contributed by atoms with Gasteiger partial charge in [0.15, 0.2) is 0 Å². The summed E-state index contributed by atoms with van der Waals surface area (Å²) in [7, 11) is 0. The number of benzene rings is 1. The fraction of sp³-hybridized carbons (Fsp3) is 0.600. The quantitative estimate of drug-likeness (QED) is 0.337. The molecule has 4 N–H and O–H groups in total. The molecule has 1 aliphatic rings. The van der Waals surface area contributed by atoms with Crippen LogP contribution in [0.4, 0.5) is 4.39 Å². The molecule has 0 spiro atoms. The first kappa shape index (κ1) is 28.2. The molecule has 0 radical (unpaired) electrons. The van der Waals surface area contributed by atoms with Gasteiger partial charge in [-0.15, -0.1) is 0 Å². The van der Waals surface area contributed by atoms with Crippen LogP contribution in [0.2, 0.25) is 0 Å². The number of rotatable bonds is 15. The molecule has 0 bridgehead atoms. The fourth-order valence-electron chi connectivity index (χ4n) is 4.00. The zero-order chi connectivity index (χ0) is 25.8. The summed E-state index contributed by atoms with van der Waals surface area (Å²) in [6.45, 7) is 5.55. The van der Waals surface area contributed by atoms with Gasteiger partial charge in [0.25, 0.3) is 0 Å². The minimum atomic E-state index is -0.634. The summed E-state index contributed by atoms with van der Waals surface area (Å²) >= 11 is 0. The molecule has 9 nitrogen and oxygen atoms in total. The molecule has 0 aliphatic carbocycles. The van der Waals surface area contributed by atoms with Crippen molar-refractivity contribution >= 4 is 23.6 Å². The lowest BCUT2D eigenvalue weighted by atomic mass is 9.97. The second-order valence-electron chi connectivity index (χ2n) is 9.55. The molecule has 0 saturated carbocycles. The number of amides is 4. The van der Waals surface area contributed by atoms with E-state index >= 15 is 0 Å². The van der Waals surface area contributed by atoms with Crippen LogP contribution in [0.5, 0.6) is 0 Å². The third-order valence-corrected chi connectivity index (χ3v) is 6.10. The third-order valence-electron chi connectivity index (χ3n) is 6.10. The van der Waals surface area contributed by atoms with Crippen molar-refractivity contribution in [3.8, 4) is 0 Å². The second kappa shape index (κ2) is 13.8. The average Bonchev–Trinajstić information content (AvgIpc) is 3.21. The van der Waals surface area contributed by atoms with Crippen molar-refractivity contribution in [2.24, 2.45) is 5.73 Å². The number of nitrogens with two attached hydrogens (primary N) is 1. The molecule has 1 aromatic rings. The van der Waals surface area contributed by atoms with E-state index in [1.165, 1.54) is 11.0 Å². The molecule has 1 fully saturated rings. The van der Waals surface area contributed by atoms with E-state index in [1.807, 2.05) is 13.8 Å². The van der Waals surface area contributed by atoms with Crippen molar-refractivity contribution in [2.45, 2.75) is 57.9 Å². The monoisotopic (exact) mass is 491 g/mol. The molecule has 10 heteroatoms. The molecule has 0 atom stereocenters. The number of hydrogen-bond acceptors (Lipinski definition) is 5. The minimum absolute atomic E-state index is 0.106. The highest BCUT2D eigenvalue weighted by Gasteiger charge is 2.22. The first-order valence-corrected chi connectivity index (χ1v) is 12.2. The van der Waals surface area contributed by atoms with Gasteiger partial charge in [0.1, 0.15) is 5.82 Å². The Morgan fingerprint density at radius 1 is 1.23 bits per heavy atom. The maximum atomic E-state index is 13.7. The Labute approximate surface area is 206 Å². The zero-order valence-corrected chi connectivity index (χ0v) is 20.8. The smallest absolute Gasteiger partial charge is 0.242 e. The molecule has 1 aliphatic heterocycles. The van der Waals surface area contributed by atoms with Crippen molar-refractivity contribution in [1.29, 1.82) is 0 Å².